The number of rotatable bonds is 2. The Labute approximate surface area is 73.4 Å². The summed E-state index contributed by atoms with van der Waals surface area (Å²) in [7, 11) is 0. The monoisotopic (exact) mass is 179 g/mol. The summed E-state index contributed by atoms with van der Waals surface area (Å²) in [5.74, 6) is 0. The number of carbonyl (C=O) groups excluding carboxylic acids is 1. The Bertz CT molecular complexity index is 300. The van der Waals surface area contributed by atoms with Gasteiger partial charge in [-0.05, 0) is 6.07 Å². The number of para-hydroxylation sites is 1. The zero-order valence-electron chi connectivity index (χ0n) is 6.06. The fourth-order valence-corrected chi connectivity index (χ4v) is 0.753. The third-order valence-electron chi connectivity index (χ3n) is 1.26. The van der Waals surface area contributed by atoms with Gasteiger partial charge in [-0.3, -0.25) is 14.9 Å². The number of aldehydes is 1. The lowest BCUT2D eigenvalue weighted by Crippen LogP contribution is -1.92. The first-order valence-electron chi connectivity index (χ1n) is 2.94. The molecule has 0 fully saturated rings. The van der Waals surface area contributed by atoms with Crippen molar-refractivity contribution in [3.05, 3.63) is 39.9 Å². The van der Waals surface area contributed by atoms with Crippen molar-refractivity contribution >= 4 is 22.9 Å². The lowest BCUT2D eigenvalue weighted by molar-refractivity contribution is -0.385. The highest BCUT2D eigenvalue weighted by molar-refractivity contribution is 5.81. The van der Waals surface area contributed by atoms with E-state index in [2.05, 4.69) is 0 Å². The highest BCUT2D eigenvalue weighted by atomic mass is 28.1. The summed E-state index contributed by atoms with van der Waals surface area (Å²) in [6.45, 7) is 0. The molecule has 0 aliphatic carbocycles. The molecular weight excluding hydrogens is 174 g/mol. The molecule has 0 atom stereocenters. The Morgan fingerprint density at radius 2 is 1.92 bits per heavy atom. The second kappa shape index (κ2) is 4.40. The molecule has 0 bridgehead atoms. The maximum absolute atomic E-state index is 10.2. The normalized spacial score (nSPS) is 8.33. The van der Waals surface area contributed by atoms with Gasteiger partial charge in [0.05, 0.1) is 10.5 Å². The van der Waals surface area contributed by atoms with Gasteiger partial charge in [-0.1, -0.05) is 12.1 Å². The third kappa shape index (κ3) is 1.99. The van der Waals surface area contributed by atoms with Crippen LogP contribution in [0.15, 0.2) is 24.3 Å². The summed E-state index contributed by atoms with van der Waals surface area (Å²) in [5.41, 5.74) is -0.0417. The van der Waals surface area contributed by atoms with Gasteiger partial charge in [-0.15, -0.1) is 0 Å². The lowest BCUT2D eigenvalue weighted by Gasteiger charge is -1.91. The molecule has 0 aliphatic rings. The van der Waals surface area contributed by atoms with Crippen LogP contribution in [0.25, 0.3) is 0 Å². The molecular formula is C7H5NO3Si. The number of nitro groups is 1. The van der Waals surface area contributed by atoms with Crippen molar-refractivity contribution in [2.75, 3.05) is 0 Å². The SMILES string of the molecule is O=Cc1ccccc1[N+](=O)[O-].[Si]. The fourth-order valence-electron chi connectivity index (χ4n) is 0.753. The average molecular weight is 179 g/mol. The van der Waals surface area contributed by atoms with Crippen molar-refractivity contribution in [3.8, 4) is 0 Å². The van der Waals surface area contributed by atoms with Crippen LogP contribution >= 0.6 is 0 Å². The molecule has 0 amide bonds. The third-order valence-corrected chi connectivity index (χ3v) is 1.26. The van der Waals surface area contributed by atoms with Gasteiger partial charge in [0.1, 0.15) is 0 Å². The molecule has 0 heterocycles. The smallest absolute Gasteiger partial charge is 0.279 e. The molecule has 0 saturated heterocycles. The van der Waals surface area contributed by atoms with E-state index >= 15 is 0 Å². The van der Waals surface area contributed by atoms with Crippen LogP contribution in [0.3, 0.4) is 0 Å². The molecule has 60 valence electrons. The largest absolute Gasteiger partial charge is 0.298 e. The van der Waals surface area contributed by atoms with E-state index < -0.39 is 4.92 Å². The average Bonchev–Trinajstić information content (AvgIpc) is 2.04. The second-order valence-electron chi connectivity index (χ2n) is 1.93. The van der Waals surface area contributed by atoms with E-state index in [0.29, 0.717) is 6.29 Å². The van der Waals surface area contributed by atoms with Crippen molar-refractivity contribution in [3.63, 3.8) is 0 Å². The van der Waals surface area contributed by atoms with Crippen molar-refractivity contribution in [1.82, 2.24) is 0 Å². The first-order valence-corrected chi connectivity index (χ1v) is 2.94. The summed E-state index contributed by atoms with van der Waals surface area (Å²) in [6.07, 6.45) is 0.470. The maximum Gasteiger partial charge on any atom is 0.279 e. The molecule has 0 N–H and O–H groups in total. The summed E-state index contributed by atoms with van der Waals surface area (Å²) in [4.78, 5) is 19.9. The van der Waals surface area contributed by atoms with E-state index in [9.17, 15) is 14.9 Å². The van der Waals surface area contributed by atoms with Gasteiger partial charge in [0.25, 0.3) is 5.69 Å². The summed E-state index contributed by atoms with van der Waals surface area (Å²) in [6, 6.07) is 5.80. The molecule has 1 rings (SSSR count). The number of nitro benzene ring substituents is 1. The van der Waals surface area contributed by atoms with Crippen LogP contribution in [0.2, 0.25) is 0 Å². The van der Waals surface area contributed by atoms with Crippen molar-refractivity contribution < 1.29 is 9.72 Å². The quantitative estimate of drug-likeness (QED) is 0.295. The Hall–Kier alpha value is -1.49. The summed E-state index contributed by atoms with van der Waals surface area (Å²) >= 11 is 0. The zero-order valence-corrected chi connectivity index (χ0v) is 7.06. The highest BCUT2D eigenvalue weighted by Gasteiger charge is 2.09. The molecule has 5 heteroatoms. The van der Waals surface area contributed by atoms with Crippen LogP contribution in [0.4, 0.5) is 5.69 Å². The molecule has 0 aromatic heterocycles. The number of hydrogen-bond donors (Lipinski definition) is 0. The molecule has 12 heavy (non-hydrogen) atoms. The van der Waals surface area contributed by atoms with Crippen LogP contribution in [-0.2, 0) is 0 Å². The predicted octanol–water partition coefficient (Wildman–Crippen LogP) is 1.03. The van der Waals surface area contributed by atoms with E-state index in [1.54, 1.807) is 6.07 Å². The van der Waals surface area contributed by atoms with Gasteiger partial charge in [0.2, 0.25) is 0 Å². The Balaban J connectivity index is 0.00000121. The Morgan fingerprint density at radius 3 is 2.33 bits per heavy atom. The van der Waals surface area contributed by atoms with Crippen molar-refractivity contribution in [2.24, 2.45) is 0 Å². The molecule has 0 spiro atoms. The Morgan fingerprint density at radius 1 is 1.33 bits per heavy atom. The number of hydrogen-bond acceptors (Lipinski definition) is 3. The molecule has 0 saturated carbocycles. The predicted molar refractivity (Wildman–Crippen MR) is 44.2 cm³/mol. The van der Waals surface area contributed by atoms with E-state index in [1.807, 2.05) is 0 Å². The summed E-state index contributed by atoms with van der Waals surface area (Å²) in [5, 5.41) is 10.2. The standard InChI is InChI=1S/C7H5NO3.Si/c9-5-6-3-1-2-4-7(6)8(10)11;/h1-5H;. The van der Waals surface area contributed by atoms with Crippen molar-refractivity contribution in [2.45, 2.75) is 0 Å². The first kappa shape index (κ1) is 10.5. The molecule has 4 radical (unpaired) electrons. The van der Waals surface area contributed by atoms with Crippen LogP contribution in [-0.4, -0.2) is 22.2 Å². The Kier molecular flexibility index (Phi) is 3.85. The van der Waals surface area contributed by atoms with Gasteiger partial charge in [-0.25, -0.2) is 0 Å². The number of nitrogens with zero attached hydrogens (tertiary/aromatic N) is 1. The zero-order chi connectivity index (χ0) is 8.27. The molecule has 0 aliphatic heterocycles. The first-order chi connectivity index (χ1) is 5.25. The molecule has 4 nitrogen and oxygen atoms in total. The van der Waals surface area contributed by atoms with Crippen LogP contribution in [0.5, 0.6) is 0 Å². The topological polar surface area (TPSA) is 60.2 Å². The van der Waals surface area contributed by atoms with Gasteiger partial charge in [0.15, 0.2) is 6.29 Å². The van der Waals surface area contributed by atoms with E-state index in [-0.39, 0.29) is 22.2 Å². The van der Waals surface area contributed by atoms with Crippen molar-refractivity contribution in [1.29, 1.82) is 0 Å². The van der Waals surface area contributed by atoms with Gasteiger partial charge in [-0.2, -0.15) is 0 Å². The minimum Gasteiger partial charge on any atom is -0.298 e. The maximum atomic E-state index is 10.2. The lowest BCUT2D eigenvalue weighted by atomic mass is 10.2. The van der Waals surface area contributed by atoms with Gasteiger partial charge < -0.3 is 0 Å². The molecule has 0 unspecified atom stereocenters. The fraction of sp³-hybridized carbons (Fsp3) is 0. The second-order valence-corrected chi connectivity index (χ2v) is 1.93. The summed E-state index contributed by atoms with van der Waals surface area (Å²) < 4.78 is 0. The molecule has 1 aromatic rings. The number of carbonyl (C=O) groups is 1. The minimum absolute atomic E-state index is 0. The molecule has 1 aromatic carbocycles. The number of benzene rings is 1. The van der Waals surface area contributed by atoms with Gasteiger partial charge >= 0.3 is 0 Å². The van der Waals surface area contributed by atoms with E-state index in [1.165, 1.54) is 18.2 Å². The van der Waals surface area contributed by atoms with Gasteiger partial charge in [0, 0.05) is 17.0 Å². The van der Waals surface area contributed by atoms with E-state index in [4.69, 9.17) is 0 Å². The van der Waals surface area contributed by atoms with Crippen LogP contribution < -0.4 is 0 Å². The van der Waals surface area contributed by atoms with E-state index in [0.717, 1.165) is 0 Å². The van der Waals surface area contributed by atoms with Crippen LogP contribution in [0.1, 0.15) is 10.4 Å². The van der Waals surface area contributed by atoms with Crippen LogP contribution in [0, 0.1) is 10.1 Å². The minimum atomic E-state index is -0.580. The highest BCUT2D eigenvalue weighted by Crippen LogP contribution is 2.14.